The second kappa shape index (κ2) is 6.34. The highest BCUT2D eigenvalue weighted by atomic mass is 32.2. The zero-order valence-electron chi connectivity index (χ0n) is 12.2. The van der Waals surface area contributed by atoms with Crippen molar-refractivity contribution in [3.05, 3.63) is 59.4 Å². The van der Waals surface area contributed by atoms with Crippen molar-refractivity contribution < 1.29 is 8.42 Å². The largest absolute Gasteiger partial charge is 0.326 e. The van der Waals surface area contributed by atoms with Gasteiger partial charge < -0.3 is 5.73 Å². The third kappa shape index (κ3) is 3.47. The van der Waals surface area contributed by atoms with Gasteiger partial charge in [0.05, 0.1) is 4.90 Å². The Labute approximate surface area is 125 Å². The summed E-state index contributed by atoms with van der Waals surface area (Å²) in [6, 6.07) is 8.68. The van der Waals surface area contributed by atoms with E-state index in [9.17, 15) is 8.42 Å². The van der Waals surface area contributed by atoms with E-state index in [2.05, 4.69) is 4.98 Å². The maximum absolute atomic E-state index is 12.6. The molecule has 0 aliphatic heterocycles. The number of nitrogens with zero attached hydrogens (tertiary/aromatic N) is 2. The summed E-state index contributed by atoms with van der Waals surface area (Å²) in [4.78, 5) is 4.26. The Hall–Kier alpha value is -1.76. The standard InChI is InChI=1S/C15H19N3O2S/c1-12-5-6-15(8-14(12)9-16)21(19,20)18(2)11-13-4-3-7-17-10-13/h3-8,10H,9,11,16H2,1-2H3. The maximum Gasteiger partial charge on any atom is 0.243 e. The summed E-state index contributed by atoms with van der Waals surface area (Å²) in [5.74, 6) is 0. The summed E-state index contributed by atoms with van der Waals surface area (Å²) in [5.41, 5.74) is 8.32. The summed E-state index contributed by atoms with van der Waals surface area (Å²) in [7, 11) is -1.98. The first-order chi connectivity index (χ1) is 9.95. The van der Waals surface area contributed by atoms with Crippen LogP contribution in [-0.2, 0) is 23.1 Å². The topological polar surface area (TPSA) is 76.3 Å². The highest BCUT2D eigenvalue weighted by Crippen LogP contribution is 2.19. The Kier molecular flexibility index (Phi) is 4.72. The number of sulfonamides is 1. The molecule has 1 aromatic carbocycles. The molecular weight excluding hydrogens is 286 g/mol. The SMILES string of the molecule is Cc1ccc(S(=O)(=O)N(C)Cc2cccnc2)cc1CN. The molecule has 0 atom stereocenters. The number of rotatable bonds is 5. The van der Waals surface area contributed by atoms with E-state index < -0.39 is 10.0 Å². The van der Waals surface area contributed by atoms with Crippen LogP contribution in [-0.4, -0.2) is 24.8 Å². The number of pyridine rings is 1. The third-order valence-corrected chi connectivity index (χ3v) is 5.18. The molecular formula is C15H19N3O2S. The number of hydrogen-bond acceptors (Lipinski definition) is 4. The fourth-order valence-electron chi connectivity index (χ4n) is 2.04. The van der Waals surface area contributed by atoms with Crippen LogP contribution in [0.1, 0.15) is 16.7 Å². The molecule has 5 nitrogen and oxygen atoms in total. The van der Waals surface area contributed by atoms with Gasteiger partial charge in [0.1, 0.15) is 0 Å². The minimum absolute atomic E-state index is 0.264. The molecule has 0 aliphatic carbocycles. The molecule has 0 radical (unpaired) electrons. The van der Waals surface area contributed by atoms with E-state index >= 15 is 0 Å². The van der Waals surface area contributed by atoms with Crippen molar-refractivity contribution in [1.82, 2.24) is 9.29 Å². The third-order valence-electron chi connectivity index (χ3n) is 3.38. The zero-order chi connectivity index (χ0) is 15.5. The van der Waals surface area contributed by atoms with E-state index in [1.54, 1.807) is 43.7 Å². The van der Waals surface area contributed by atoms with Crippen LogP contribution in [0.2, 0.25) is 0 Å². The summed E-state index contributed by atoms with van der Waals surface area (Å²) in [5, 5.41) is 0. The van der Waals surface area contributed by atoms with Gasteiger partial charge in [-0.05, 0) is 41.8 Å². The van der Waals surface area contributed by atoms with Gasteiger partial charge in [0, 0.05) is 32.5 Å². The van der Waals surface area contributed by atoms with Crippen molar-refractivity contribution in [1.29, 1.82) is 0 Å². The van der Waals surface area contributed by atoms with Gasteiger partial charge in [-0.3, -0.25) is 4.98 Å². The predicted octanol–water partition coefficient (Wildman–Crippen LogP) is 1.67. The molecule has 0 amide bonds. The van der Waals surface area contributed by atoms with E-state index in [0.717, 1.165) is 16.7 Å². The molecule has 6 heteroatoms. The number of nitrogens with two attached hydrogens (primary N) is 1. The summed E-state index contributed by atoms with van der Waals surface area (Å²) in [6.45, 7) is 2.52. The lowest BCUT2D eigenvalue weighted by Crippen LogP contribution is -2.26. The van der Waals surface area contributed by atoms with Crippen LogP contribution < -0.4 is 5.73 Å². The van der Waals surface area contributed by atoms with Gasteiger partial charge in [-0.1, -0.05) is 12.1 Å². The molecule has 2 rings (SSSR count). The number of aromatic nitrogens is 1. The first kappa shape index (κ1) is 15.6. The lowest BCUT2D eigenvalue weighted by molar-refractivity contribution is 0.466. The monoisotopic (exact) mass is 305 g/mol. The minimum Gasteiger partial charge on any atom is -0.326 e. The van der Waals surface area contributed by atoms with E-state index in [4.69, 9.17) is 5.73 Å². The van der Waals surface area contributed by atoms with Crippen LogP contribution in [0, 0.1) is 6.92 Å². The first-order valence-corrected chi connectivity index (χ1v) is 8.04. The lowest BCUT2D eigenvalue weighted by atomic mass is 10.1. The molecule has 2 N–H and O–H groups in total. The molecule has 0 fully saturated rings. The summed E-state index contributed by atoms with van der Waals surface area (Å²) < 4.78 is 26.5. The molecule has 0 bridgehead atoms. The highest BCUT2D eigenvalue weighted by Gasteiger charge is 2.21. The van der Waals surface area contributed by atoms with Gasteiger partial charge in [-0.25, -0.2) is 8.42 Å². The van der Waals surface area contributed by atoms with Gasteiger partial charge in [-0.15, -0.1) is 0 Å². The molecule has 0 unspecified atom stereocenters. The van der Waals surface area contributed by atoms with Crippen LogP contribution in [0.3, 0.4) is 0 Å². The fraction of sp³-hybridized carbons (Fsp3) is 0.267. The first-order valence-electron chi connectivity index (χ1n) is 6.60. The van der Waals surface area contributed by atoms with Gasteiger partial charge in [0.25, 0.3) is 0 Å². The average molecular weight is 305 g/mol. The number of aryl methyl sites for hydroxylation is 1. The van der Waals surface area contributed by atoms with Crippen molar-refractivity contribution in [3.8, 4) is 0 Å². The average Bonchev–Trinajstić information content (AvgIpc) is 2.48. The smallest absolute Gasteiger partial charge is 0.243 e. The summed E-state index contributed by atoms with van der Waals surface area (Å²) >= 11 is 0. The minimum atomic E-state index is -3.54. The molecule has 21 heavy (non-hydrogen) atoms. The Balaban J connectivity index is 2.29. The molecule has 0 saturated carbocycles. The van der Waals surface area contributed by atoms with Crippen LogP contribution in [0.5, 0.6) is 0 Å². The number of benzene rings is 1. The predicted molar refractivity (Wildman–Crippen MR) is 82.0 cm³/mol. The van der Waals surface area contributed by atoms with Crippen molar-refractivity contribution in [2.75, 3.05) is 7.05 Å². The van der Waals surface area contributed by atoms with E-state index in [0.29, 0.717) is 6.54 Å². The normalized spacial score (nSPS) is 11.8. The molecule has 0 spiro atoms. The van der Waals surface area contributed by atoms with Gasteiger partial charge >= 0.3 is 0 Å². The quantitative estimate of drug-likeness (QED) is 0.911. The van der Waals surface area contributed by atoms with Gasteiger partial charge in [0.15, 0.2) is 0 Å². The van der Waals surface area contributed by atoms with Crippen molar-refractivity contribution in [2.24, 2.45) is 5.73 Å². The second-order valence-electron chi connectivity index (χ2n) is 4.91. The van der Waals surface area contributed by atoms with Gasteiger partial charge in [0.2, 0.25) is 10.0 Å². The Bertz CT molecular complexity index is 715. The highest BCUT2D eigenvalue weighted by molar-refractivity contribution is 7.89. The van der Waals surface area contributed by atoms with E-state index in [-0.39, 0.29) is 11.4 Å². The Morgan fingerprint density at radius 3 is 2.67 bits per heavy atom. The van der Waals surface area contributed by atoms with Gasteiger partial charge in [-0.2, -0.15) is 4.31 Å². The van der Waals surface area contributed by atoms with E-state index in [1.807, 2.05) is 13.0 Å². The van der Waals surface area contributed by atoms with Crippen molar-refractivity contribution in [3.63, 3.8) is 0 Å². The lowest BCUT2D eigenvalue weighted by Gasteiger charge is -2.18. The van der Waals surface area contributed by atoms with Crippen LogP contribution in [0.15, 0.2) is 47.6 Å². The Morgan fingerprint density at radius 2 is 2.05 bits per heavy atom. The fourth-order valence-corrected chi connectivity index (χ4v) is 3.25. The van der Waals surface area contributed by atoms with Crippen molar-refractivity contribution in [2.45, 2.75) is 24.9 Å². The molecule has 0 saturated heterocycles. The summed E-state index contributed by atoms with van der Waals surface area (Å²) in [6.07, 6.45) is 3.32. The van der Waals surface area contributed by atoms with E-state index in [1.165, 1.54) is 4.31 Å². The Morgan fingerprint density at radius 1 is 1.29 bits per heavy atom. The van der Waals surface area contributed by atoms with Crippen LogP contribution in [0.25, 0.3) is 0 Å². The maximum atomic E-state index is 12.6. The van der Waals surface area contributed by atoms with Crippen molar-refractivity contribution >= 4 is 10.0 Å². The molecule has 112 valence electrons. The van der Waals surface area contributed by atoms with Crippen LogP contribution >= 0.6 is 0 Å². The van der Waals surface area contributed by atoms with Crippen LogP contribution in [0.4, 0.5) is 0 Å². The number of hydrogen-bond donors (Lipinski definition) is 1. The molecule has 2 aromatic rings. The molecule has 0 aliphatic rings. The molecule has 1 heterocycles. The zero-order valence-corrected chi connectivity index (χ0v) is 13.0. The second-order valence-corrected chi connectivity index (χ2v) is 6.96. The molecule has 1 aromatic heterocycles.